The van der Waals surface area contributed by atoms with Crippen molar-refractivity contribution in [2.45, 2.75) is 26.0 Å². The highest BCUT2D eigenvalue weighted by Crippen LogP contribution is 2.33. The number of hydrogen-bond acceptors (Lipinski definition) is 4. The van der Waals surface area contributed by atoms with Crippen LogP contribution in [0.15, 0.2) is 40.9 Å². The number of fused-ring (bicyclic) bond motifs is 1. The minimum atomic E-state index is -0.544. The van der Waals surface area contributed by atoms with Gasteiger partial charge in [0.1, 0.15) is 5.75 Å². The predicted molar refractivity (Wildman–Crippen MR) is 103 cm³/mol. The van der Waals surface area contributed by atoms with Gasteiger partial charge in [-0.05, 0) is 60.9 Å². The summed E-state index contributed by atoms with van der Waals surface area (Å²) in [6.07, 6.45) is 0.241. The zero-order valence-corrected chi connectivity index (χ0v) is 16.7. The number of hydrogen-bond donors (Lipinski definition) is 0. The van der Waals surface area contributed by atoms with Crippen molar-refractivity contribution >= 4 is 21.8 Å². The summed E-state index contributed by atoms with van der Waals surface area (Å²) in [6.45, 7) is 2.99. The molecule has 1 aliphatic heterocycles. The van der Waals surface area contributed by atoms with Crippen molar-refractivity contribution in [2.75, 3.05) is 20.8 Å². The Morgan fingerprint density at radius 1 is 1.08 bits per heavy atom. The Kier molecular flexibility index (Phi) is 5.71. The monoisotopic (exact) mass is 419 g/mol. The topological polar surface area (TPSA) is 48.0 Å². The molecule has 0 aliphatic carbocycles. The molecular formula is C20H22BrNO4. The van der Waals surface area contributed by atoms with Crippen molar-refractivity contribution in [1.82, 2.24) is 4.90 Å². The van der Waals surface area contributed by atoms with E-state index >= 15 is 0 Å². The zero-order chi connectivity index (χ0) is 18.7. The first-order valence-corrected chi connectivity index (χ1v) is 9.26. The van der Waals surface area contributed by atoms with Gasteiger partial charge in [-0.25, -0.2) is 0 Å². The second-order valence-corrected chi connectivity index (χ2v) is 7.12. The fourth-order valence-electron chi connectivity index (χ4n) is 3.10. The summed E-state index contributed by atoms with van der Waals surface area (Å²) in [5, 5.41) is 0. The fourth-order valence-corrected chi connectivity index (χ4v) is 3.36. The predicted octanol–water partition coefficient (Wildman–Crippen LogP) is 3.82. The Morgan fingerprint density at radius 3 is 2.31 bits per heavy atom. The first-order chi connectivity index (χ1) is 12.5. The third kappa shape index (κ3) is 3.96. The van der Waals surface area contributed by atoms with Crippen molar-refractivity contribution in [1.29, 1.82) is 0 Å². The highest BCUT2D eigenvalue weighted by atomic mass is 79.9. The van der Waals surface area contributed by atoms with E-state index in [4.69, 9.17) is 14.2 Å². The summed E-state index contributed by atoms with van der Waals surface area (Å²) in [5.74, 6) is 2.06. The molecule has 2 aromatic carbocycles. The lowest BCUT2D eigenvalue weighted by Gasteiger charge is -2.31. The molecule has 6 heteroatoms. The van der Waals surface area contributed by atoms with Crippen LogP contribution in [0.5, 0.6) is 17.2 Å². The summed E-state index contributed by atoms with van der Waals surface area (Å²) in [6, 6.07) is 11.4. The van der Waals surface area contributed by atoms with Crippen LogP contribution >= 0.6 is 15.9 Å². The smallest absolute Gasteiger partial charge is 0.263 e. The van der Waals surface area contributed by atoms with Gasteiger partial charge in [-0.2, -0.15) is 0 Å². The van der Waals surface area contributed by atoms with E-state index < -0.39 is 6.10 Å². The molecule has 1 amide bonds. The lowest BCUT2D eigenvalue weighted by Crippen LogP contribution is -2.43. The molecule has 1 atom stereocenters. The maximum atomic E-state index is 12.8. The highest BCUT2D eigenvalue weighted by molar-refractivity contribution is 9.10. The number of carbonyl (C=O) groups is 1. The number of carbonyl (C=O) groups excluding carboxylic acids is 1. The van der Waals surface area contributed by atoms with E-state index in [1.165, 1.54) is 5.56 Å². The minimum absolute atomic E-state index is 0.0200. The van der Waals surface area contributed by atoms with Gasteiger partial charge in [0.25, 0.3) is 5.91 Å². The lowest BCUT2D eigenvalue weighted by molar-refractivity contribution is -0.138. The van der Waals surface area contributed by atoms with Crippen LogP contribution in [0.3, 0.4) is 0 Å². The highest BCUT2D eigenvalue weighted by Gasteiger charge is 2.27. The molecule has 0 N–H and O–H groups in total. The van der Waals surface area contributed by atoms with E-state index in [1.54, 1.807) is 21.1 Å². The average Bonchev–Trinajstić information content (AvgIpc) is 2.67. The van der Waals surface area contributed by atoms with Crippen LogP contribution in [0.25, 0.3) is 0 Å². The Hall–Kier alpha value is -2.21. The van der Waals surface area contributed by atoms with Crippen LogP contribution in [-0.4, -0.2) is 37.7 Å². The quantitative estimate of drug-likeness (QED) is 0.738. The minimum Gasteiger partial charge on any atom is -0.493 e. The molecule has 26 heavy (non-hydrogen) atoms. The van der Waals surface area contributed by atoms with Crippen molar-refractivity contribution in [3.63, 3.8) is 0 Å². The molecule has 2 aromatic rings. The Balaban J connectivity index is 1.71. The molecule has 0 aromatic heterocycles. The molecule has 0 spiro atoms. The molecule has 0 saturated heterocycles. The number of halogens is 1. The van der Waals surface area contributed by atoms with Crippen molar-refractivity contribution < 1.29 is 19.0 Å². The van der Waals surface area contributed by atoms with Crippen LogP contribution in [0, 0.1) is 0 Å². The summed E-state index contributed by atoms with van der Waals surface area (Å²) >= 11 is 3.39. The molecule has 0 bridgehead atoms. The average molecular weight is 420 g/mol. The van der Waals surface area contributed by atoms with E-state index in [0.717, 1.165) is 22.2 Å². The Bertz CT molecular complexity index is 791. The normalized spacial score (nSPS) is 14.4. The Labute approximate surface area is 162 Å². The third-order valence-corrected chi connectivity index (χ3v) is 5.03. The first-order valence-electron chi connectivity index (χ1n) is 8.46. The molecule has 138 valence electrons. The second kappa shape index (κ2) is 7.99. The maximum Gasteiger partial charge on any atom is 0.263 e. The number of nitrogens with zero attached hydrogens (tertiary/aromatic N) is 1. The van der Waals surface area contributed by atoms with Gasteiger partial charge in [0.05, 0.1) is 14.2 Å². The number of amides is 1. The molecular weight excluding hydrogens is 398 g/mol. The number of benzene rings is 2. The molecule has 1 unspecified atom stereocenters. The van der Waals surface area contributed by atoms with Gasteiger partial charge < -0.3 is 19.1 Å². The second-order valence-electron chi connectivity index (χ2n) is 6.20. The molecule has 0 saturated carbocycles. The van der Waals surface area contributed by atoms with E-state index in [2.05, 4.69) is 15.9 Å². The SMILES string of the molecule is COc1cc2c(cc1OC)CN(C(=O)C(C)Oc1ccc(Br)cc1)CC2. The van der Waals surface area contributed by atoms with Crippen LogP contribution in [0.4, 0.5) is 0 Å². The fraction of sp³-hybridized carbons (Fsp3) is 0.350. The van der Waals surface area contributed by atoms with Crippen LogP contribution in [0.2, 0.25) is 0 Å². The van der Waals surface area contributed by atoms with Gasteiger partial charge in [-0.1, -0.05) is 15.9 Å². The molecule has 1 heterocycles. The van der Waals surface area contributed by atoms with Gasteiger partial charge in [-0.3, -0.25) is 4.79 Å². The van der Waals surface area contributed by atoms with E-state index in [-0.39, 0.29) is 5.91 Å². The molecule has 3 rings (SSSR count). The van der Waals surface area contributed by atoms with E-state index in [0.29, 0.717) is 24.6 Å². The third-order valence-electron chi connectivity index (χ3n) is 4.50. The van der Waals surface area contributed by atoms with Gasteiger partial charge >= 0.3 is 0 Å². The van der Waals surface area contributed by atoms with Crippen molar-refractivity contribution in [3.05, 3.63) is 52.0 Å². The van der Waals surface area contributed by atoms with Crippen LogP contribution in [0.1, 0.15) is 18.1 Å². The molecule has 1 aliphatic rings. The Morgan fingerprint density at radius 2 is 1.69 bits per heavy atom. The van der Waals surface area contributed by atoms with Gasteiger partial charge in [0.2, 0.25) is 0 Å². The zero-order valence-electron chi connectivity index (χ0n) is 15.1. The standard InChI is InChI=1S/C20H22BrNO4/c1-13(26-17-6-4-16(21)5-7-17)20(23)22-9-8-14-10-18(24-2)19(25-3)11-15(14)12-22/h4-7,10-11,13H,8-9,12H2,1-3H3. The maximum absolute atomic E-state index is 12.8. The summed E-state index contributed by atoms with van der Waals surface area (Å²) in [7, 11) is 3.24. The van der Waals surface area contributed by atoms with E-state index in [9.17, 15) is 4.79 Å². The van der Waals surface area contributed by atoms with Crippen molar-refractivity contribution in [2.24, 2.45) is 0 Å². The van der Waals surface area contributed by atoms with Gasteiger partial charge in [-0.15, -0.1) is 0 Å². The number of ether oxygens (including phenoxy) is 3. The summed E-state index contributed by atoms with van der Waals surface area (Å²) in [4.78, 5) is 14.6. The largest absolute Gasteiger partial charge is 0.493 e. The summed E-state index contributed by atoms with van der Waals surface area (Å²) in [5.41, 5.74) is 2.27. The van der Waals surface area contributed by atoms with Crippen LogP contribution in [-0.2, 0) is 17.8 Å². The van der Waals surface area contributed by atoms with Gasteiger partial charge in [0.15, 0.2) is 17.6 Å². The van der Waals surface area contributed by atoms with Crippen LogP contribution < -0.4 is 14.2 Å². The first kappa shape index (κ1) is 18.6. The number of methoxy groups -OCH3 is 2. The molecule has 0 fully saturated rings. The molecule has 5 nitrogen and oxygen atoms in total. The van der Waals surface area contributed by atoms with Gasteiger partial charge in [0, 0.05) is 17.6 Å². The van der Waals surface area contributed by atoms with E-state index in [1.807, 2.05) is 41.3 Å². The van der Waals surface area contributed by atoms with Crippen molar-refractivity contribution in [3.8, 4) is 17.2 Å². The summed E-state index contributed by atoms with van der Waals surface area (Å²) < 4.78 is 17.5. The molecule has 0 radical (unpaired) electrons. The number of rotatable bonds is 5. The lowest BCUT2D eigenvalue weighted by atomic mass is 9.98.